The van der Waals surface area contributed by atoms with Crippen molar-refractivity contribution < 1.29 is 14.6 Å². The highest BCUT2D eigenvalue weighted by molar-refractivity contribution is 5.67. The Kier molecular flexibility index (Phi) is 4.15. The molecular formula is C10H16N2O3. The van der Waals surface area contributed by atoms with Crippen LogP contribution in [0, 0.1) is 0 Å². The first kappa shape index (κ1) is 11.6. The predicted molar refractivity (Wildman–Crippen MR) is 55.0 cm³/mol. The van der Waals surface area contributed by atoms with Gasteiger partial charge in [-0.25, -0.2) is 4.68 Å². The van der Waals surface area contributed by atoms with Crippen LogP contribution in [0.3, 0.4) is 0 Å². The molecule has 5 nitrogen and oxygen atoms in total. The van der Waals surface area contributed by atoms with Crippen LogP contribution in [0.15, 0.2) is 6.20 Å². The van der Waals surface area contributed by atoms with Gasteiger partial charge in [-0.15, -0.1) is 0 Å². The van der Waals surface area contributed by atoms with Gasteiger partial charge >= 0.3 is 5.97 Å². The lowest BCUT2D eigenvalue weighted by molar-refractivity contribution is -0.136. The Morgan fingerprint density at radius 3 is 2.93 bits per heavy atom. The second-order valence-electron chi connectivity index (χ2n) is 3.30. The molecule has 0 fully saturated rings. The summed E-state index contributed by atoms with van der Waals surface area (Å²) >= 11 is 0. The standard InChI is InChI=1S/C10H16N2O3/c1-3-6-12-10(15-2)8(7-11-12)4-5-9(13)14/h7H,3-6H2,1-2H3,(H,13,14). The molecule has 0 spiro atoms. The molecule has 0 aliphatic heterocycles. The molecule has 0 amide bonds. The number of hydrogen-bond donors (Lipinski definition) is 1. The van der Waals surface area contributed by atoms with E-state index in [9.17, 15) is 4.79 Å². The molecule has 0 aromatic carbocycles. The number of carboxylic acid groups (broad SMARTS) is 1. The quantitative estimate of drug-likeness (QED) is 0.772. The molecule has 5 heteroatoms. The number of ether oxygens (including phenoxy) is 1. The Hall–Kier alpha value is -1.52. The maximum Gasteiger partial charge on any atom is 0.303 e. The van der Waals surface area contributed by atoms with Crippen molar-refractivity contribution in [1.29, 1.82) is 0 Å². The van der Waals surface area contributed by atoms with Crippen LogP contribution in [0.2, 0.25) is 0 Å². The van der Waals surface area contributed by atoms with Crippen molar-refractivity contribution in [2.45, 2.75) is 32.7 Å². The Balaban J connectivity index is 2.74. The molecule has 0 aliphatic rings. The molecule has 1 N–H and O–H groups in total. The zero-order chi connectivity index (χ0) is 11.3. The van der Waals surface area contributed by atoms with Crippen molar-refractivity contribution in [1.82, 2.24) is 9.78 Å². The topological polar surface area (TPSA) is 64.4 Å². The minimum Gasteiger partial charge on any atom is -0.481 e. The van der Waals surface area contributed by atoms with Gasteiger partial charge in [-0.2, -0.15) is 5.10 Å². The van der Waals surface area contributed by atoms with E-state index in [1.165, 1.54) is 0 Å². The fourth-order valence-corrected chi connectivity index (χ4v) is 1.43. The summed E-state index contributed by atoms with van der Waals surface area (Å²) in [5.74, 6) is -0.126. The second kappa shape index (κ2) is 5.38. The first-order chi connectivity index (χ1) is 7.19. The maximum absolute atomic E-state index is 10.4. The summed E-state index contributed by atoms with van der Waals surface area (Å²) < 4.78 is 6.97. The van der Waals surface area contributed by atoms with Gasteiger partial charge in [0.15, 0.2) is 0 Å². The Labute approximate surface area is 88.7 Å². The molecule has 0 unspecified atom stereocenters. The van der Waals surface area contributed by atoms with Gasteiger partial charge in [-0.3, -0.25) is 4.79 Å². The number of aryl methyl sites for hydroxylation is 2. The molecule has 1 aromatic rings. The first-order valence-electron chi connectivity index (χ1n) is 4.99. The van der Waals surface area contributed by atoms with E-state index in [0.29, 0.717) is 12.3 Å². The summed E-state index contributed by atoms with van der Waals surface area (Å²) in [6.07, 6.45) is 3.21. The van der Waals surface area contributed by atoms with E-state index >= 15 is 0 Å². The van der Waals surface area contributed by atoms with Gasteiger partial charge < -0.3 is 9.84 Å². The van der Waals surface area contributed by atoms with Crippen LogP contribution < -0.4 is 4.74 Å². The summed E-state index contributed by atoms with van der Waals surface area (Å²) in [6, 6.07) is 0. The van der Waals surface area contributed by atoms with Crippen LogP contribution in [-0.4, -0.2) is 28.0 Å². The summed E-state index contributed by atoms with van der Waals surface area (Å²) in [5.41, 5.74) is 0.855. The number of carbonyl (C=O) groups is 1. The smallest absolute Gasteiger partial charge is 0.303 e. The predicted octanol–water partition coefficient (Wildman–Crippen LogP) is 1.32. The largest absolute Gasteiger partial charge is 0.481 e. The van der Waals surface area contributed by atoms with E-state index in [1.807, 2.05) is 0 Å². The van der Waals surface area contributed by atoms with Crippen molar-refractivity contribution >= 4 is 5.97 Å². The van der Waals surface area contributed by atoms with E-state index < -0.39 is 5.97 Å². The summed E-state index contributed by atoms with van der Waals surface area (Å²) in [6.45, 7) is 2.84. The van der Waals surface area contributed by atoms with E-state index in [4.69, 9.17) is 9.84 Å². The van der Waals surface area contributed by atoms with Gasteiger partial charge in [0.1, 0.15) is 0 Å². The molecule has 1 aromatic heterocycles. The molecule has 0 atom stereocenters. The normalized spacial score (nSPS) is 10.3. The molecule has 1 heterocycles. The first-order valence-corrected chi connectivity index (χ1v) is 4.99. The summed E-state index contributed by atoms with van der Waals surface area (Å²) in [4.78, 5) is 10.4. The minimum absolute atomic E-state index is 0.105. The number of methoxy groups -OCH3 is 1. The maximum atomic E-state index is 10.4. The van der Waals surface area contributed by atoms with Crippen molar-refractivity contribution in [3.8, 4) is 5.88 Å². The van der Waals surface area contributed by atoms with Gasteiger partial charge in [0.05, 0.1) is 13.3 Å². The average molecular weight is 212 g/mol. The molecular weight excluding hydrogens is 196 g/mol. The number of rotatable bonds is 6. The van der Waals surface area contributed by atoms with Crippen molar-refractivity contribution in [3.05, 3.63) is 11.8 Å². The van der Waals surface area contributed by atoms with Gasteiger partial charge in [-0.05, 0) is 12.8 Å². The van der Waals surface area contributed by atoms with Crippen LogP contribution in [0.25, 0.3) is 0 Å². The SMILES string of the molecule is CCCn1ncc(CCC(=O)O)c1OC. The number of aliphatic carboxylic acids is 1. The third-order valence-electron chi connectivity index (χ3n) is 2.10. The number of nitrogens with zero attached hydrogens (tertiary/aromatic N) is 2. The highest BCUT2D eigenvalue weighted by Crippen LogP contribution is 2.19. The number of hydrogen-bond acceptors (Lipinski definition) is 3. The molecule has 0 bridgehead atoms. The Morgan fingerprint density at radius 2 is 2.40 bits per heavy atom. The van der Waals surface area contributed by atoms with E-state index in [1.54, 1.807) is 18.0 Å². The fraction of sp³-hybridized carbons (Fsp3) is 0.600. The fourth-order valence-electron chi connectivity index (χ4n) is 1.43. The molecule has 0 saturated carbocycles. The molecule has 0 aliphatic carbocycles. The lowest BCUT2D eigenvalue weighted by atomic mass is 10.2. The van der Waals surface area contributed by atoms with Crippen molar-refractivity contribution in [3.63, 3.8) is 0 Å². The molecule has 84 valence electrons. The lowest BCUT2D eigenvalue weighted by Gasteiger charge is -2.06. The second-order valence-corrected chi connectivity index (χ2v) is 3.30. The van der Waals surface area contributed by atoms with Crippen LogP contribution in [-0.2, 0) is 17.8 Å². The summed E-state index contributed by atoms with van der Waals surface area (Å²) in [7, 11) is 1.58. The third kappa shape index (κ3) is 2.97. The lowest BCUT2D eigenvalue weighted by Crippen LogP contribution is -2.03. The van der Waals surface area contributed by atoms with E-state index in [-0.39, 0.29) is 6.42 Å². The van der Waals surface area contributed by atoms with Crippen LogP contribution in [0.4, 0.5) is 0 Å². The van der Waals surface area contributed by atoms with Crippen molar-refractivity contribution in [2.24, 2.45) is 0 Å². The van der Waals surface area contributed by atoms with Crippen LogP contribution in [0.5, 0.6) is 5.88 Å². The zero-order valence-corrected chi connectivity index (χ0v) is 9.06. The Bertz CT molecular complexity index is 333. The van der Waals surface area contributed by atoms with E-state index in [2.05, 4.69) is 12.0 Å². The highest BCUT2D eigenvalue weighted by atomic mass is 16.5. The minimum atomic E-state index is -0.805. The van der Waals surface area contributed by atoms with Gasteiger partial charge in [0, 0.05) is 18.5 Å². The van der Waals surface area contributed by atoms with Gasteiger partial charge in [0.25, 0.3) is 0 Å². The van der Waals surface area contributed by atoms with Crippen LogP contribution >= 0.6 is 0 Å². The Morgan fingerprint density at radius 1 is 1.67 bits per heavy atom. The summed E-state index contributed by atoms with van der Waals surface area (Å²) in [5, 5.41) is 12.7. The zero-order valence-electron chi connectivity index (χ0n) is 9.06. The van der Waals surface area contributed by atoms with Crippen LogP contribution in [0.1, 0.15) is 25.3 Å². The van der Waals surface area contributed by atoms with E-state index in [0.717, 1.165) is 18.5 Å². The van der Waals surface area contributed by atoms with Gasteiger partial charge in [0.2, 0.25) is 5.88 Å². The van der Waals surface area contributed by atoms with Gasteiger partial charge in [-0.1, -0.05) is 6.92 Å². The number of aromatic nitrogens is 2. The number of carboxylic acids is 1. The van der Waals surface area contributed by atoms with Crippen molar-refractivity contribution in [2.75, 3.05) is 7.11 Å². The third-order valence-corrected chi connectivity index (χ3v) is 2.10. The molecule has 0 saturated heterocycles. The highest BCUT2D eigenvalue weighted by Gasteiger charge is 2.11. The molecule has 15 heavy (non-hydrogen) atoms. The molecule has 1 rings (SSSR count). The average Bonchev–Trinajstić information content (AvgIpc) is 2.58. The monoisotopic (exact) mass is 212 g/mol. The molecule has 0 radical (unpaired) electrons.